The van der Waals surface area contributed by atoms with Crippen LogP contribution in [0.5, 0.6) is 0 Å². The number of carbonyl (C=O) groups excluding carboxylic acids is 1. The van der Waals surface area contributed by atoms with Crippen LogP contribution >= 0.6 is 7.44 Å². The lowest BCUT2D eigenvalue weighted by Gasteiger charge is -2.32. The van der Waals surface area contributed by atoms with E-state index in [-0.39, 0.29) is 0 Å². The van der Waals surface area contributed by atoms with E-state index in [4.69, 9.17) is 0 Å². The fourth-order valence-electron chi connectivity index (χ4n) is 2.91. The van der Waals surface area contributed by atoms with Crippen molar-refractivity contribution in [3.8, 4) is 0 Å². The maximum atomic E-state index is 13.7. The van der Waals surface area contributed by atoms with Crippen molar-refractivity contribution in [3.05, 3.63) is 60.7 Å². The molecule has 1 aliphatic heterocycles. The van der Waals surface area contributed by atoms with E-state index in [0.717, 1.165) is 17.7 Å². The van der Waals surface area contributed by atoms with Crippen LogP contribution in [0.15, 0.2) is 60.7 Å². The lowest BCUT2D eigenvalue weighted by Crippen LogP contribution is -2.21. The van der Waals surface area contributed by atoms with Crippen molar-refractivity contribution in [2.75, 3.05) is 28.6 Å². The molecule has 2 aromatic carbocycles. The molecule has 5 heteroatoms. The maximum Gasteiger partial charge on any atom is 0.263 e. The van der Waals surface area contributed by atoms with Gasteiger partial charge < -0.3 is 14.1 Å². The average Bonchev–Trinajstić information content (AvgIpc) is 2.92. The smallest absolute Gasteiger partial charge is 0.263 e. The Kier molecular flexibility index (Phi) is 4.30. The molecule has 1 fully saturated rings. The lowest BCUT2D eigenvalue weighted by molar-refractivity contribution is -0.107. The number of hydrogen-bond acceptors (Lipinski definition) is 2. The molecule has 114 valence electrons. The first-order valence-corrected chi connectivity index (χ1v) is 9.24. The fourth-order valence-corrected chi connectivity index (χ4v) is 5.89. The minimum atomic E-state index is -2.82. The molecule has 0 amide bonds. The highest BCUT2D eigenvalue weighted by molar-refractivity contribution is 7.67. The number of nitrogens with zero attached hydrogens (tertiary/aromatic N) is 2. The van der Waals surface area contributed by atoms with Crippen LogP contribution in [0.1, 0.15) is 6.42 Å². The molecule has 2 aromatic rings. The van der Waals surface area contributed by atoms with Crippen molar-refractivity contribution in [1.29, 1.82) is 0 Å². The number of benzene rings is 2. The van der Waals surface area contributed by atoms with Crippen LogP contribution in [0.25, 0.3) is 0 Å². The summed E-state index contributed by atoms with van der Waals surface area (Å²) in [7, 11) is -2.82. The van der Waals surface area contributed by atoms with Gasteiger partial charge in [0.15, 0.2) is 0 Å². The van der Waals surface area contributed by atoms with Gasteiger partial charge in [-0.05, 0) is 24.3 Å². The molecule has 0 aromatic heterocycles. The summed E-state index contributed by atoms with van der Waals surface area (Å²) in [5.41, 5.74) is 1.91. The summed E-state index contributed by atoms with van der Waals surface area (Å²) < 4.78 is 17.7. The van der Waals surface area contributed by atoms with E-state index in [0.29, 0.717) is 25.7 Å². The van der Waals surface area contributed by atoms with Gasteiger partial charge in [-0.3, -0.25) is 4.57 Å². The summed E-state index contributed by atoms with van der Waals surface area (Å²) in [4.78, 5) is 10.8. The molecular formula is C17H19N2O2P. The number of hydrogen-bond donors (Lipinski definition) is 0. The van der Waals surface area contributed by atoms with Crippen LogP contribution in [0.2, 0.25) is 0 Å². The highest BCUT2D eigenvalue weighted by Gasteiger charge is 2.42. The van der Waals surface area contributed by atoms with Gasteiger partial charge in [0.1, 0.15) is 6.29 Å². The van der Waals surface area contributed by atoms with Crippen molar-refractivity contribution in [2.24, 2.45) is 0 Å². The van der Waals surface area contributed by atoms with Crippen molar-refractivity contribution in [3.63, 3.8) is 0 Å². The van der Waals surface area contributed by atoms with Gasteiger partial charge in [-0.2, -0.15) is 0 Å². The Morgan fingerprint density at radius 2 is 1.32 bits per heavy atom. The van der Waals surface area contributed by atoms with Gasteiger partial charge in [-0.1, -0.05) is 36.4 Å². The highest BCUT2D eigenvalue weighted by atomic mass is 31.2. The van der Waals surface area contributed by atoms with E-state index >= 15 is 0 Å². The zero-order chi connectivity index (χ0) is 15.4. The van der Waals surface area contributed by atoms with Crippen molar-refractivity contribution in [2.45, 2.75) is 6.42 Å². The van der Waals surface area contributed by atoms with Crippen LogP contribution in [-0.4, -0.2) is 25.5 Å². The second-order valence-electron chi connectivity index (χ2n) is 5.26. The summed E-state index contributed by atoms with van der Waals surface area (Å²) in [6.07, 6.45) is 1.54. The quantitative estimate of drug-likeness (QED) is 0.622. The Labute approximate surface area is 130 Å². The second kappa shape index (κ2) is 6.37. The molecule has 3 rings (SSSR count). The highest BCUT2D eigenvalue weighted by Crippen LogP contribution is 2.60. The van der Waals surface area contributed by atoms with Crippen LogP contribution in [-0.2, 0) is 9.36 Å². The molecular weight excluding hydrogens is 295 g/mol. The number of carbonyl (C=O) groups is 1. The molecule has 0 spiro atoms. The van der Waals surface area contributed by atoms with E-state index in [1.165, 1.54) is 0 Å². The topological polar surface area (TPSA) is 40.6 Å². The number of rotatable bonds is 5. The Morgan fingerprint density at radius 1 is 0.864 bits per heavy atom. The fraction of sp³-hybridized carbons (Fsp3) is 0.235. The molecule has 1 aliphatic rings. The standard InChI is InChI=1S/C17H19N2O2P/c20-14-7-15-22(21)18(16-8-3-1-4-9-16)12-13-19(22)17-10-5-2-6-11-17/h1-6,8-11,14H,7,12-13,15H2. The molecule has 1 heterocycles. The Hall–Kier alpha value is -2.06. The first kappa shape index (κ1) is 14.9. The number of aldehydes is 1. The molecule has 0 unspecified atom stereocenters. The third kappa shape index (κ3) is 2.67. The summed E-state index contributed by atoms with van der Waals surface area (Å²) in [6, 6.07) is 19.6. The minimum absolute atomic E-state index is 0.309. The molecule has 0 aliphatic carbocycles. The summed E-state index contributed by atoms with van der Waals surface area (Å²) in [6.45, 7) is 1.41. The normalized spacial score (nSPS) is 16.7. The van der Waals surface area contributed by atoms with E-state index in [1.807, 2.05) is 70.0 Å². The molecule has 0 radical (unpaired) electrons. The molecule has 1 saturated heterocycles. The van der Waals surface area contributed by atoms with E-state index in [9.17, 15) is 9.36 Å². The van der Waals surface area contributed by atoms with Crippen LogP contribution in [0.4, 0.5) is 11.4 Å². The second-order valence-corrected chi connectivity index (χ2v) is 8.00. The van der Waals surface area contributed by atoms with Crippen molar-refractivity contribution < 1.29 is 9.36 Å². The average molecular weight is 314 g/mol. The molecule has 4 nitrogen and oxygen atoms in total. The summed E-state index contributed by atoms with van der Waals surface area (Å²) >= 11 is 0. The first-order chi connectivity index (χ1) is 10.8. The SMILES string of the molecule is O=CCCP1(=O)N(c2ccccc2)CCN1c1ccccc1. The van der Waals surface area contributed by atoms with Crippen molar-refractivity contribution >= 4 is 25.1 Å². The van der Waals surface area contributed by atoms with E-state index < -0.39 is 7.44 Å². The predicted molar refractivity (Wildman–Crippen MR) is 90.7 cm³/mol. The molecule has 0 saturated carbocycles. The third-order valence-electron chi connectivity index (χ3n) is 3.92. The van der Waals surface area contributed by atoms with E-state index in [1.54, 1.807) is 0 Å². The van der Waals surface area contributed by atoms with Gasteiger partial charge >= 0.3 is 0 Å². The van der Waals surface area contributed by atoms with Crippen molar-refractivity contribution in [1.82, 2.24) is 0 Å². The van der Waals surface area contributed by atoms with Gasteiger partial charge in [0.05, 0.1) is 0 Å². The third-order valence-corrected chi connectivity index (χ3v) is 7.14. The van der Waals surface area contributed by atoms with Gasteiger partial charge in [-0.25, -0.2) is 0 Å². The minimum Gasteiger partial charge on any atom is -0.305 e. The largest absolute Gasteiger partial charge is 0.305 e. The van der Waals surface area contributed by atoms with Crippen LogP contribution < -0.4 is 9.34 Å². The van der Waals surface area contributed by atoms with E-state index in [2.05, 4.69) is 0 Å². The maximum absolute atomic E-state index is 13.7. The monoisotopic (exact) mass is 314 g/mol. The Bertz CT molecular complexity index is 624. The summed E-state index contributed by atoms with van der Waals surface area (Å²) in [5.74, 6) is 0. The zero-order valence-corrected chi connectivity index (χ0v) is 13.2. The van der Waals surface area contributed by atoms with Gasteiger partial charge in [0, 0.05) is 37.0 Å². The first-order valence-electron chi connectivity index (χ1n) is 7.44. The van der Waals surface area contributed by atoms with Gasteiger partial charge in [-0.15, -0.1) is 0 Å². The van der Waals surface area contributed by atoms with Gasteiger partial charge in [0.2, 0.25) is 0 Å². The van der Waals surface area contributed by atoms with Gasteiger partial charge in [0.25, 0.3) is 7.44 Å². The van der Waals surface area contributed by atoms with Crippen LogP contribution in [0, 0.1) is 0 Å². The Morgan fingerprint density at radius 3 is 1.73 bits per heavy atom. The lowest BCUT2D eigenvalue weighted by atomic mass is 10.3. The summed E-state index contributed by atoms with van der Waals surface area (Å²) in [5, 5.41) is 0. The molecule has 22 heavy (non-hydrogen) atoms. The molecule has 0 bridgehead atoms. The predicted octanol–water partition coefficient (Wildman–Crippen LogP) is 3.80. The van der Waals surface area contributed by atoms with Crippen LogP contribution in [0.3, 0.4) is 0 Å². The number of anilines is 2. The zero-order valence-electron chi connectivity index (χ0n) is 12.3. The molecule has 0 atom stereocenters. The number of para-hydroxylation sites is 2. The molecule has 0 N–H and O–H groups in total. The Balaban J connectivity index is 1.99.